The second-order valence-electron chi connectivity index (χ2n) is 6.33. The predicted octanol–water partition coefficient (Wildman–Crippen LogP) is 4.06. The molecular weight excluding hydrogens is 372 g/mol. The molecule has 26 heavy (non-hydrogen) atoms. The number of carbonyl (C=O) groups excluding carboxylic acids is 1. The largest absolute Gasteiger partial charge is 0.326 e. The number of halogens is 1. The molecule has 0 saturated carbocycles. The van der Waals surface area contributed by atoms with Crippen molar-refractivity contribution in [3.63, 3.8) is 0 Å². The first-order valence-electron chi connectivity index (χ1n) is 8.19. The zero-order chi connectivity index (χ0) is 19.5. The Balaban J connectivity index is 2.16. The van der Waals surface area contributed by atoms with Gasteiger partial charge in [-0.05, 0) is 55.7 Å². The van der Waals surface area contributed by atoms with Crippen molar-refractivity contribution in [3.05, 3.63) is 58.1 Å². The molecule has 0 aliphatic rings. The number of nitrogens with zero attached hydrogens (tertiary/aromatic N) is 1. The van der Waals surface area contributed by atoms with Crippen LogP contribution in [0.2, 0.25) is 5.02 Å². The fourth-order valence-electron chi connectivity index (χ4n) is 2.78. The van der Waals surface area contributed by atoms with Gasteiger partial charge in [0.15, 0.2) is 0 Å². The molecule has 2 rings (SSSR count). The van der Waals surface area contributed by atoms with Crippen molar-refractivity contribution in [2.45, 2.75) is 27.2 Å². The summed E-state index contributed by atoms with van der Waals surface area (Å²) in [4.78, 5) is 12.4. The fraction of sp³-hybridized carbons (Fsp3) is 0.316. The lowest BCUT2D eigenvalue weighted by Gasteiger charge is -2.24. The van der Waals surface area contributed by atoms with Crippen molar-refractivity contribution in [2.24, 2.45) is 0 Å². The Morgan fingerprint density at radius 1 is 1.08 bits per heavy atom. The molecule has 140 valence electrons. The van der Waals surface area contributed by atoms with Crippen molar-refractivity contribution in [1.29, 1.82) is 0 Å². The van der Waals surface area contributed by atoms with Gasteiger partial charge in [0, 0.05) is 23.7 Å². The number of nitrogens with one attached hydrogen (secondary N) is 1. The number of sulfonamides is 1. The summed E-state index contributed by atoms with van der Waals surface area (Å²) in [7, 11) is -3.53. The predicted molar refractivity (Wildman–Crippen MR) is 108 cm³/mol. The zero-order valence-corrected chi connectivity index (χ0v) is 16.9. The molecule has 2 aromatic carbocycles. The molecule has 0 fully saturated rings. The highest BCUT2D eigenvalue weighted by atomic mass is 35.5. The molecule has 0 saturated heterocycles. The van der Waals surface area contributed by atoms with E-state index < -0.39 is 10.0 Å². The van der Waals surface area contributed by atoms with Gasteiger partial charge in [-0.1, -0.05) is 29.8 Å². The van der Waals surface area contributed by atoms with E-state index in [1.165, 1.54) is 4.31 Å². The molecule has 0 bridgehead atoms. The summed E-state index contributed by atoms with van der Waals surface area (Å²) < 4.78 is 25.7. The molecule has 0 aromatic heterocycles. The van der Waals surface area contributed by atoms with E-state index in [1.54, 1.807) is 25.1 Å². The van der Waals surface area contributed by atoms with Gasteiger partial charge in [-0.25, -0.2) is 8.42 Å². The Bertz CT molecular complexity index is 906. The summed E-state index contributed by atoms with van der Waals surface area (Å²) in [6, 6.07) is 10.8. The summed E-state index contributed by atoms with van der Waals surface area (Å²) in [5.41, 5.74) is 3.96. The Morgan fingerprint density at radius 2 is 1.69 bits per heavy atom. The molecule has 1 N–H and O–H groups in total. The minimum Gasteiger partial charge on any atom is -0.326 e. The number of aryl methyl sites for hydroxylation is 3. The number of rotatable bonds is 6. The standard InChI is InChI=1S/C19H23ClN2O3S/c1-13-6-5-7-14(2)19(13)21-18(23)10-11-22(26(4,24)25)17-9-8-16(20)12-15(17)3/h5-9,12H,10-11H2,1-4H3,(H,21,23). The first-order chi connectivity index (χ1) is 12.1. The Hall–Kier alpha value is -2.05. The van der Waals surface area contributed by atoms with E-state index in [0.717, 1.165) is 28.6 Å². The van der Waals surface area contributed by atoms with Gasteiger partial charge >= 0.3 is 0 Å². The van der Waals surface area contributed by atoms with Gasteiger partial charge in [-0.3, -0.25) is 9.10 Å². The summed E-state index contributed by atoms with van der Waals surface area (Å²) in [6.07, 6.45) is 1.17. The number of hydrogen-bond donors (Lipinski definition) is 1. The van der Waals surface area contributed by atoms with Crippen LogP contribution in [-0.2, 0) is 14.8 Å². The monoisotopic (exact) mass is 394 g/mol. The number of para-hydroxylation sites is 1. The van der Waals surface area contributed by atoms with Gasteiger partial charge < -0.3 is 5.32 Å². The Kier molecular flexibility index (Phi) is 6.31. The van der Waals surface area contributed by atoms with Gasteiger partial charge in [0.2, 0.25) is 15.9 Å². The molecule has 0 aliphatic heterocycles. The van der Waals surface area contributed by atoms with E-state index in [-0.39, 0.29) is 18.9 Å². The van der Waals surface area contributed by atoms with Crippen LogP contribution in [0.3, 0.4) is 0 Å². The van der Waals surface area contributed by atoms with E-state index in [4.69, 9.17) is 11.6 Å². The second kappa shape index (κ2) is 8.10. The minimum atomic E-state index is -3.53. The molecule has 0 radical (unpaired) electrons. The Morgan fingerprint density at radius 3 is 2.23 bits per heavy atom. The lowest BCUT2D eigenvalue weighted by Crippen LogP contribution is -2.33. The number of carbonyl (C=O) groups is 1. The van der Waals surface area contributed by atoms with Crippen LogP contribution in [0.25, 0.3) is 0 Å². The second-order valence-corrected chi connectivity index (χ2v) is 8.67. The maximum Gasteiger partial charge on any atom is 0.232 e. The van der Waals surface area contributed by atoms with Crippen molar-refractivity contribution < 1.29 is 13.2 Å². The maximum absolute atomic E-state index is 12.4. The number of benzene rings is 2. The van der Waals surface area contributed by atoms with Crippen LogP contribution in [0.15, 0.2) is 36.4 Å². The molecule has 0 atom stereocenters. The fourth-order valence-corrected chi connectivity index (χ4v) is 3.99. The van der Waals surface area contributed by atoms with E-state index >= 15 is 0 Å². The first kappa shape index (κ1) is 20.3. The molecule has 0 unspecified atom stereocenters. The first-order valence-corrected chi connectivity index (χ1v) is 10.4. The van der Waals surface area contributed by atoms with Crippen LogP contribution in [0.4, 0.5) is 11.4 Å². The molecule has 0 spiro atoms. The van der Waals surface area contributed by atoms with Gasteiger partial charge in [0.1, 0.15) is 0 Å². The Labute approximate surface area is 160 Å². The number of hydrogen-bond acceptors (Lipinski definition) is 3. The molecule has 0 heterocycles. The lowest BCUT2D eigenvalue weighted by molar-refractivity contribution is -0.116. The van der Waals surface area contributed by atoms with Gasteiger partial charge in [0.05, 0.1) is 11.9 Å². The third-order valence-electron chi connectivity index (χ3n) is 4.12. The summed E-state index contributed by atoms with van der Waals surface area (Å²) in [6.45, 7) is 5.68. The molecule has 5 nitrogen and oxygen atoms in total. The highest BCUT2D eigenvalue weighted by molar-refractivity contribution is 7.92. The number of anilines is 2. The summed E-state index contributed by atoms with van der Waals surface area (Å²) in [5.74, 6) is -0.234. The molecule has 1 amide bonds. The maximum atomic E-state index is 12.4. The average Bonchev–Trinajstić information content (AvgIpc) is 2.52. The third-order valence-corrected chi connectivity index (χ3v) is 5.53. The van der Waals surface area contributed by atoms with Crippen molar-refractivity contribution >= 4 is 38.9 Å². The van der Waals surface area contributed by atoms with Crippen LogP contribution in [-0.4, -0.2) is 27.1 Å². The molecular formula is C19H23ClN2O3S. The molecule has 0 aliphatic carbocycles. The SMILES string of the molecule is Cc1cc(Cl)ccc1N(CCC(=O)Nc1c(C)cccc1C)S(C)(=O)=O. The zero-order valence-electron chi connectivity index (χ0n) is 15.3. The highest BCUT2D eigenvalue weighted by Crippen LogP contribution is 2.26. The van der Waals surface area contributed by atoms with Crippen molar-refractivity contribution in [2.75, 3.05) is 22.4 Å². The summed E-state index contributed by atoms with van der Waals surface area (Å²) in [5, 5.41) is 3.41. The smallest absolute Gasteiger partial charge is 0.232 e. The molecule has 7 heteroatoms. The number of amides is 1. The van der Waals surface area contributed by atoms with Crippen LogP contribution in [0, 0.1) is 20.8 Å². The highest BCUT2D eigenvalue weighted by Gasteiger charge is 2.20. The van der Waals surface area contributed by atoms with Crippen LogP contribution in [0.5, 0.6) is 0 Å². The summed E-state index contributed by atoms with van der Waals surface area (Å²) >= 11 is 5.95. The van der Waals surface area contributed by atoms with Gasteiger partial charge in [-0.2, -0.15) is 0 Å². The topological polar surface area (TPSA) is 66.5 Å². The normalized spacial score (nSPS) is 11.3. The van der Waals surface area contributed by atoms with E-state index in [9.17, 15) is 13.2 Å². The average molecular weight is 395 g/mol. The minimum absolute atomic E-state index is 0.0446. The lowest BCUT2D eigenvalue weighted by atomic mass is 10.1. The van der Waals surface area contributed by atoms with E-state index in [1.807, 2.05) is 32.0 Å². The van der Waals surface area contributed by atoms with Gasteiger partial charge in [-0.15, -0.1) is 0 Å². The van der Waals surface area contributed by atoms with Crippen LogP contribution >= 0.6 is 11.6 Å². The third kappa shape index (κ3) is 4.99. The van der Waals surface area contributed by atoms with E-state index in [2.05, 4.69) is 5.32 Å². The van der Waals surface area contributed by atoms with E-state index in [0.29, 0.717) is 10.7 Å². The van der Waals surface area contributed by atoms with Crippen LogP contribution < -0.4 is 9.62 Å². The van der Waals surface area contributed by atoms with Crippen molar-refractivity contribution in [1.82, 2.24) is 0 Å². The molecule has 2 aromatic rings. The van der Waals surface area contributed by atoms with Gasteiger partial charge in [0.25, 0.3) is 0 Å². The van der Waals surface area contributed by atoms with Crippen LogP contribution in [0.1, 0.15) is 23.1 Å². The quantitative estimate of drug-likeness (QED) is 0.803. The van der Waals surface area contributed by atoms with Crippen molar-refractivity contribution in [3.8, 4) is 0 Å².